The average Bonchev–Trinajstić information content (AvgIpc) is 3.42. The minimum Gasteiger partial charge on any atom is -0.387 e. The van der Waals surface area contributed by atoms with Crippen molar-refractivity contribution in [1.82, 2.24) is 25.0 Å². The maximum absolute atomic E-state index is 12.4. The molecule has 1 saturated heterocycles. The molecule has 162 valence electrons. The lowest BCUT2D eigenvalue weighted by Gasteiger charge is -2.22. The van der Waals surface area contributed by atoms with Crippen LogP contribution in [-0.4, -0.2) is 69.4 Å². The van der Waals surface area contributed by atoms with Gasteiger partial charge in [0.05, 0.1) is 17.7 Å². The molecule has 1 aliphatic rings. The molecule has 3 N–H and O–H groups in total. The fourth-order valence-electron chi connectivity index (χ4n) is 4.13. The normalized spacial score (nSPS) is 17.4. The number of hydrogen-bond donors (Lipinski definition) is 2. The number of nitrogens with two attached hydrogens (primary N) is 1. The van der Waals surface area contributed by atoms with Crippen LogP contribution in [-0.2, 0) is 4.79 Å². The number of fused-ring (bicyclic) bond motifs is 1. The Hall–Kier alpha value is -3.26. The summed E-state index contributed by atoms with van der Waals surface area (Å²) in [5, 5.41) is 8.52. The van der Waals surface area contributed by atoms with Crippen LogP contribution in [0.5, 0.6) is 0 Å². The minimum absolute atomic E-state index is 0.157. The number of amidine groups is 1. The summed E-state index contributed by atoms with van der Waals surface area (Å²) in [6.45, 7) is 7.58. The number of aromatic nitrogens is 3. The zero-order valence-corrected chi connectivity index (χ0v) is 18.1. The third-order valence-electron chi connectivity index (χ3n) is 5.92. The number of likely N-dealkylation sites (N-methyl/N-ethyl adjacent to an activating group) is 1. The van der Waals surface area contributed by atoms with E-state index in [2.05, 4.69) is 20.1 Å². The second-order valence-corrected chi connectivity index (χ2v) is 7.86. The number of likely N-dealkylation sites (tertiary alicyclic amines) is 1. The second kappa shape index (κ2) is 9.26. The number of pyridine rings is 1. The van der Waals surface area contributed by atoms with E-state index in [0.29, 0.717) is 12.4 Å². The van der Waals surface area contributed by atoms with Crippen LogP contribution in [0.15, 0.2) is 47.7 Å². The van der Waals surface area contributed by atoms with Gasteiger partial charge in [-0.3, -0.25) is 19.8 Å². The van der Waals surface area contributed by atoms with Gasteiger partial charge < -0.3 is 10.6 Å². The van der Waals surface area contributed by atoms with Gasteiger partial charge in [0, 0.05) is 48.9 Å². The van der Waals surface area contributed by atoms with Crippen LogP contribution >= 0.6 is 0 Å². The molecular weight excluding hydrogens is 390 g/mol. The number of H-pyrrole nitrogens is 1. The maximum atomic E-state index is 12.4. The van der Waals surface area contributed by atoms with Crippen LogP contribution in [0.25, 0.3) is 22.2 Å². The summed E-state index contributed by atoms with van der Waals surface area (Å²) in [6, 6.07) is 9.81. The predicted molar refractivity (Wildman–Crippen MR) is 123 cm³/mol. The first-order valence-corrected chi connectivity index (χ1v) is 10.8. The molecule has 0 unspecified atom stereocenters. The lowest BCUT2D eigenvalue weighted by atomic mass is 10.1. The maximum Gasteiger partial charge on any atom is 0.236 e. The summed E-state index contributed by atoms with van der Waals surface area (Å²) in [5.74, 6) is 0.950. The molecule has 0 saturated carbocycles. The molecule has 1 aliphatic heterocycles. The van der Waals surface area contributed by atoms with E-state index in [1.54, 1.807) is 12.4 Å². The zero-order valence-electron chi connectivity index (χ0n) is 18.1. The van der Waals surface area contributed by atoms with Crippen molar-refractivity contribution in [3.63, 3.8) is 0 Å². The summed E-state index contributed by atoms with van der Waals surface area (Å²) in [5.41, 5.74) is 10.0. The highest BCUT2D eigenvalue weighted by Gasteiger charge is 2.27. The molecule has 1 aromatic carbocycles. The summed E-state index contributed by atoms with van der Waals surface area (Å²) >= 11 is 0. The molecule has 0 aliphatic carbocycles. The molecule has 1 atom stereocenters. The Balaban J connectivity index is 1.48. The van der Waals surface area contributed by atoms with Crippen molar-refractivity contribution < 1.29 is 4.79 Å². The quantitative estimate of drug-likeness (QED) is 0.453. The van der Waals surface area contributed by atoms with Crippen molar-refractivity contribution in [2.24, 2.45) is 16.6 Å². The monoisotopic (exact) mass is 419 g/mol. The molecule has 0 spiro atoms. The van der Waals surface area contributed by atoms with Gasteiger partial charge in [0.25, 0.3) is 0 Å². The van der Waals surface area contributed by atoms with Crippen molar-refractivity contribution in [2.45, 2.75) is 20.3 Å². The van der Waals surface area contributed by atoms with Gasteiger partial charge in [-0.15, -0.1) is 0 Å². The number of carbonyl (C=O) groups is 1. The Morgan fingerprint density at radius 1 is 1.26 bits per heavy atom. The summed E-state index contributed by atoms with van der Waals surface area (Å²) in [7, 11) is 0. The fourth-order valence-corrected chi connectivity index (χ4v) is 4.13. The summed E-state index contributed by atoms with van der Waals surface area (Å²) < 4.78 is 0. The lowest BCUT2D eigenvalue weighted by molar-refractivity contribution is -0.131. The SMILES string of the molecule is CCN(CC)C(=O)CN1CC[C@@H](C(N)=Nc2ccc3[nH]nc(-c4ccncc4)c3c2)C1. The predicted octanol–water partition coefficient (Wildman–Crippen LogP) is 2.80. The standard InChI is InChI=1S/C23H29N7O/c1-3-30(4-2)21(31)15-29-12-9-17(14-29)23(24)26-18-5-6-20-19(13-18)22(28-27-20)16-7-10-25-11-8-16/h5-8,10-11,13,17H,3-4,9,12,14-15H2,1-2H3,(H2,24,26)(H,27,28)/t17-/m1/s1. The van der Waals surface area contributed by atoms with Crippen LogP contribution in [0.4, 0.5) is 5.69 Å². The van der Waals surface area contributed by atoms with E-state index in [9.17, 15) is 4.79 Å². The third-order valence-corrected chi connectivity index (χ3v) is 5.92. The Morgan fingerprint density at radius 3 is 2.77 bits per heavy atom. The molecule has 2 aromatic heterocycles. The average molecular weight is 420 g/mol. The van der Waals surface area contributed by atoms with Crippen LogP contribution in [0.3, 0.4) is 0 Å². The van der Waals surface area contributed by atoms with Gasteiger partial charge in [-0.2, -0.15) is 5.10 Å². The van der Waals surface area contributed by atoms with Crippen LogP contribution in [0.1, 0.15) is 20.3 Å². The molecule has 1 fully saturated rings. The summed E-state index contributed by atoms with van der Waals surface area (Å²) in [6.07, 6.45) is 4.43. The number of carbonyl (C=O) groups excluding carboxylic acids is 1. The van der Waals surface area contributed by atoms with Gasteiger partial charge in [-0.1, -0.05) is 0 Å². The van der Waals surface area contributed by atoms with Crippen molar-refractivity contribution in [2.75, 3.05) is 32.7 Å². The van der Waals surface area contributed by atoms with Gasteiger partial charge in [0.2, 0.25) is 5.91 Å². The third kappa shape index (κ3) is 4.59. The molecule has 8 nitrogen and oxygen atoms in total. The van der Waals surface area contributed by atoms with E-state index in [1.807, 2.05) is 49.1 Å². The molecule has 0 radical (unpaired) electrons. The Bertz CT molecular complexity index is 1070. The summed E-state index contributed by atoms with van der Waals surface area (Å²) in [4.78, 5) is 25.2. The van der Waals surface area contributed by atoms with E-state index >= 15 is 0 Å². The zero-order chi connectivity index (χ0) is 21.8. The first-order chi connectivity index (χ1) is 15.1. The van der Waals surface area contributed by atoms with Gasteiger partial charge in [0.1, 0.15) is 11.5 Å². The Morgan fingerprint density at radius 2 is 2.03 bits per heavy atom. The first kappa shape index (κ1) is 21.0. The van der Waals surface area contributed by atoms with Crippen LogP contribution in [0.2, 0.25) is 0 Å². The fraction of sp³-hybridized carbons (Fsp3) is 0.391. The van der Waals surface area contributed by atoms with E-state index in [-0.39, 0.29) is 11.8 Å². The molecule has 3 heterocycles. The van der Waals surface area contributed by atoms with Gasteiger partial charge in [-0.25, -0.2) is 4.99 Å². The number of benzene rings is 1. The molecule has 0 bridgehead atoms. The molecule has 8 heteroatoms. The van der Waals surface area contributed by atoms with Crippen molar-refractivity contribution in [3.8, 4) is 11.3 Å². The molecule has 3 aromatic rings. The second-order valence-electron chi connectivity index (χ2n) is 7.86. The molecule has 4 rings (SSSR count). The van der Waals surface area contributed by atoms with E-state index in [4.69, 9.17) is 10.7 Å². The van der Waals surface area contributed by atoms with Gasteiger partial charge in [0.15, 0.2) is 0 Å². The molecular formula is C23H29N7O. The highest BCUT2D eigenvalue weighted by Crippen LogP contribution is 2.29. The highest BCUT2D eigenvalue weighted by atomic mass is 16.2. The number of rotatable bonds is 7. The van der Waals surface area contributed by atoms with Gasteiger partial charge in [-0.05, 0) is 57.1 Å². The van der Waals surface area contributed by atoms with Crippen molar-refractivity contribution in [3.05, 3.63) is 42.7 Å². The first-order valence-electron chi connectivity index (χ1n) is 10.8. The lowest BCUT2D eigenvalue weighted by Crippen LogP contribution is -2.40. The number of nitrogens with one attached hydrogen (secondary N) is 1. The largest absolute Gasteiger partial charge is 0.387 e. The van der Waals surface area contributed by atoms with Gasteiger partial charge >= 0.3 is 0 Å². The number of nitrogens with zero attached hydrogens (tertiary/aromatic N) is 5. The number of amides is 1. The van der Waals surface area contributed by atoms with Crippen LogP contribution in [0, 0.1) is 5.92 Å². The Kier molecular flexibility index (Phi) is 6.27. The topological polar surface area (TPSA) is 104 Å². The number of hydrogen-bond acceptors (Lipinski definition) is 5. The van der Waals surface area contributed by atoms with Crippen LogP contribution < -0.4 is 5.73 Å². The van der Waals surface area contributed by atoms with Crippen molar-refractivity contribution >= 4 is 28.3 Å². The number of aliphatic imine (C=N–C) groups is 1. The Labute approximate surface area is 182 Å². The van der Waals surface area contributed by atoms with Crippen molar-refractivity contribution in [1.29, 1.82) is 0 Å². The number of aromatic amines is 1. The highest BCUT2D eigenvalue weighted by molar-refractivity contribution is 5.95. The minimum atomic E-state index is 0.157. The molecule has 31 heavy (non-hydrogen) atoms. The van der Waals surface area contributed by atoms with E-state index in [0.717, 1.165) is 60.4 Å². The molecule has 1 amide bonds. The van der Waals surface area contributed by atoms with E-state index in [1.165, 1.54) is 0 Å². The van der Waals surface area contributed by atoms with E-state index < -0.39 is 0 Å². The smallest absolute Gasteiger partial charge is 0.236 e.